The fourth-order valence-electron chi connectivity index (χ4n) is 11.9. The van der Waals surface area contributed by atoms with E-state index in [-0.39, 0.29) is 35.7 Å². The van der Waals surface area contributed by atoms with Crippen molar-refractivity contribution in [2.75, 3.05) is 13.1 Å². The molecular formula is C59H62N8O6. The zero-order valence-corrected chi connectivity index (χ0v) is 41.8. The lowest BCUT2D eigenvalue weighted by molar-refractivity contribution is -0.136. The third kappa shape index (κ3) is 9.46. The average Bonchev–Trinajstić information content (AvgIpc) is 4.27. The van der Waals surface area contributed by atoms with Crippen molar-refractivity contribution >= 4 is 35.0 Å². The summed E-state index contributed by atoms with van der Waals surface area (Å²) in [6.07, 6.45) is 7.30. The number of ether oxygens (including phenoxy) is 2. The summed E-state index contributed by atoms with van der Waals surface area (Å²) in [5, 5.41) is 5.66. The van der Waals surface area contributed by atoms with Crippen LogP contribution in [-0.2, 0) is 9.59 Å². The van der Waals surface area contributed by atoms with Gasteiger partial charge in [-0.3, -0.25) is 9.59 Å². The van der Waals surface area contributed by atoms with Crippen molar-refractivity contribution in [2.45, 2.75) is 109 Å². The molecule has 4 N–H and O–H groups in total. The molecule has 2 saturated heterocycles. The number of H-pyrrole nitrogens is 2. The van der Waals surface area contributed by atoms with Gasteiger partial charge in [0.15, 0.2) is 0 Å². The molecule has 2 bridgehead atoms. The number of benzene rings is 5. The van der Waals surface area contributed by atoms with E-state index < -0.39 is 24.3 Å². The summed E-state index contributed by atoms with van der Waals surface area (Å²) in [5.74, 6) is 2.74. The van der Waals surface area contributed by atoms with Gasteiger partial charge in [0.1, 0.15) is 35.2 Å². The zero-order valence-electron chi connectivity index (χ0n) is 41.8. The zero-order chi connectivity index (χ0) is 50.3. The quantitative estimate of drug-likeness (QED) is 0.0883. The molecule has 7 aromatic rings. The Kier molecular flexibility index (Phi) is 13.1. The first-order chi connectivity index (χ1) is 35.5. The minimum absolute atomic E-state index is 0.142. The summed E-state index contributed by atoms with van der Waals surface area (Å²) in [4.78, 5) is 74.7. The summed E-state index contributed by atoms with van der Waals surface area (Å²) in [6.45, 7) is 8.86. The molecule has 1 saturated carbocycles. The van der Waals surface area contributed by atoms with E-state index in [2.05, 4.69) is 75.2 Å². The van der Waals surface area contributed by atoms with Gasteiger partial charge in [-0.2, -0.15) is 0 Å². The van der Waals surface area contributed by atoms with Crippen molar-refractivity contribution < 1.29 is 28.7 Å². The highest BCUT2D eigenvalue weighted by Gasteiger charge is 2.42. The molecule has 4 aliphatic rings. The normalized spacial score (nSPS) is 19.9. The van der Waals surface area contributed by atoms with E-state index in [4.69, 9.17) is 19.4 Å². The highest BCUT2D eigenvalue weighted by Crippen LogP contribution is 2.58. The number of nitrogens with one attached hydrogen (secondary N) is 4. The van der Waals surface area contributed by atoms with Crippen LogP contribution in [0.5, 0.6) is 11.5 Å². The van der Waals surface area contributed by atoms with Crippen LogP contribution in [0, 0.1) is 11.8 Å². The van der Waals surface area contributed by atoms with E-state index in [1.807, 2.05) is 55.8 Å². The monoisotopic (exact) mass is 978 g/mol. The fraction of sp³-hybridized carbons (Fsp3) is 0.356. The Morgan fingerprint density at radius 2 is 1.10 bits per heavy atom. The Balaban J connectivity index is 0.792. The predicted octanol–water partition coefficient (Wildman–Crippen LogP) is 11.6. The lowest BCUT2D eigenvalue weighted by Crippen LogP contribution is -2.51. The summed E-state index contributed by atoms with van der Waals surface area (Å²) in [5.41, 5.74) is 11.5. The van der Waals surface area contributed by atoms with Gasteiger partial charge in [-0.25, -0.2) is 19.6 Å². The minimum atomic E-state index is -0.751. The molecule has 2 aliphatic carbocycles. The van der Waals surface area contributed by atoms with Crippen LogP contribution in [0.4, 0.5) is 9.59 Å². The molecule has 2 aliphatic heterocycles. The maximum absolute atomic E-state index is 14.1. The molecule has 2 aromatic heterocycles. The lowest BCUT2D eigenvalue weighted by atomic mass is 9.81. The van der Waals surface area contributed by atoms with Gasteiger partial charge < -0.3 is 39.9 Å². The van der Waals surface area contributed by atoms with Crippen LogP contribution >= 0.6 is 0 Å². The Hall–Kier alpha value is -7.74. The van der Waals surface area contributed by atoms with Crippen LogP contribution in [0.2, 0.25) is 0 Å². The molecule has 5 aromatic carbocycles. The molecule has 4 amide bonds. The van der Waals surface area contributed by atoms with E-state index in [0.29, 0.717) is 36.4 Å². The number of aromatic amines is 2. The number of imidazole rings is 2. The largest absolute Gasteiger partial charge is 0.413 e. The average molecular weight is 979 g/mol. The number of amides is 4. The molecule has 0 spiro atoms. The number of likely N-dealkylation sites (tertiary alicyclic amines) is 2. The molecule has 73 heavy (non-hydrogen) atoms. The van der Waals surface area contributed by atoms with Gasteiger partial charge in [-0.05, 0) is 144 Å². The number of rotatable bonds is 13. The van der Waals surface area contributed by atoms with Gasteiger partial charge in [-0.1, -0.05) is 107 Å². The van der Waals surface area contributed by atoms with Crippen LogP contribution < -0.4 is 20.1 Å². The van der Waals surface area contributed by atoms with Crippen molar-refractivity contribution in [3.63, 3.8) is 0 Å². The van der Waals surface area contributed by atoms with Gasteiger partial charge in [0.25, 0.3) is 0 Å². The second-order valence-electron chi connectivity index (χ2n) is 20.8. The standard InChI is InChI=1S/C59H62N8O6/c1-34(2)52(64-58(70)72-41-13-7-5-8-14-41)56(68)66-29-11-17-48(66)54-60-33-47(63-54)37-21-19-36(20-22-37)43-26-27-44(51-40-24-23-39(31-40)50(43)51)38-25-28-45-46(32-38)62-55(61-45)49-18-12-30-67(49)57(69)53(35(3)4)65-59(71)73-42-15-9-6-10-16-42/h5-10,13-16,19-22,25-28,32-35,39-40,48-49,52-53H,11-12,17-18,23-24,29-31H2,1-4H3,(H,60,63)(H,61,62)(H,64,70)(H,65,71)/t39?,40?,48-,49-,52-,53-/m0/s1. The summed E-state index contributed by atoms with van der Waals surface area (Å²) in [7, 11) is 0. The summed E-state index contributed by atoms with van der Waals surface area (Å²) < 4.78 is 11.0. The SMILES string of the molecule is CC(C)[C@H](NC(=O)Oc1ccccc1)C(=O)N1CCC[C@H]1c1ncc(-c2ccc(-c3ccc(-c4ccc5nc([C@@H]6CCCN6C(=O)[C@@H](NC(=O)Oc6ccccc6)C(C)C)[nH]c5c4)c4c3C3CCC4C3)cc2)[nH]1. The van der Waals surface area contributed by atoms with Crippen LogP contribution in [0.25, 0.3) is 44.5 Å². The van der Waals surface area contributed by atoms with Crippen LogP contribution in [0.15, 0.2) is 121 Å². The Bertz CT molecular complexity index is 3170. The maximum Gasteiger partial charge on any atom is 0.413 e. The van der Waals surface area contributed by atoms with Gasteiger partial charge in [0.2, 0.25) is 11.8 Å². The molecule has 6 atom stereocenters. The van der Waals surface area contributed by atoms with Gasteiger partial charge in [-0.15, -0.1) is 0 Å². The molecule has 14 nitrogen and oxygen atoms in total. The number of carbonyl (C=O) groups is 4. The molecule has 11 rings (SSSR count). The molecular weight excluding hydrogens is 917 g/mol. The number of aromatic nitrogens is 4. The van der Waals surface area contributed by atoms with Crippen LogP contribution in [0.1, 0.15) is 119 Å². The first-order valence-corrected chi connectivity index (χ1v) is 26.0. The summed E-state index contributed by atoms with van der Waals surface area (Å²) >= 11 is 0. The molecule has 374 valence electrons. The number of hydrogen-bond acceptors (Lipinski definition) is 8. The number of carbonyl (C=O) groups excluding carboxylic acids is 4. The molecule has 0 radical (unpaired) electrons. The van der Waals surface area contributed by atoms with Crippen molar-refractivity contribution in [1.82, 2.24) is 40.4 Å². The third-order valence-corrected chi connectivity index (χ3v) is 15.5. The van der Waals surface area contributed by atoms with Crippen LogP contribution in [0.3, 0.4) is 0 Å². The number of hydrogen-bond donors (Lipinski definition) is 4. The van der Waals surface area contributed by atoms with Crippen molar-refractivity contribution in [3.8, 4) is 45.0 Å². The number of para-hydroxylation sites is 2. The summed E-state index contributed by atoms with van der Waals surface area (Å²) in [6, 6.07) is 35.5. The molecule has 14 heteroatoms. The van der Waals surface area contributed by atoms with E-state index in [1.165, 1.54) is 47.1 Å². The number of fused-ring (bicyclic) bond motifs is 6. The van der Waals surface area contributed by atoms with E-state index >= 15 is 0 Å². The van der Waals surface area contributed by atoms with Crippen LogP contribution in [-0.4, -0.2) is 78.9 Å². The first-order valence-electron chi connectivity index (χ1n) is 26.0. The van der Waals surface area contributed by atoms with E-state index in [9.17, 15) is 19.2 Å². The lowest BCUT2D eigenvalue weighted by Gasteiger charge is -2.30. The fourth-order valence-corrected chi connectivity index (χ4v) is 11.9. The van der Waals surface area contributed by atoms with Crippen molar-refractivity contribution in [2.24, 2.45) is 11.8 Å². The highest BCUT2D eigenvalue weighted by molar-refractivity contribution is 5.89. The van der Waals surface area contributed by atoms with Gasteiger partial charge in [0, 0.05) is 13.1 Å². The Morgan fingerprint density at radius 1 is 0.589 bits per heavy atom. The predicted molar refractivity (Wildman–Crippen MR) is 280 cm³/mol. The van der Waals surface area contributed by atoms with Crippen molar-refractivity contribution in [1.29, 1.82) is 0 Å². The molecule has 4 heterocycles. The maximum atomic E-state index is 14.1. The second kappa shape index (κ2) is 20.0. The Morgan fingerprint density at radius 3 is 1.64 bits per heavy atom. The Labute approximate surface area is 425 Å². The van der Waals surface area contributed by atoms with Crippen molar-refractivity contribution in [3.05, 3.63) is 144 Å². The topological polar surface area (TPSA) is 175 Å². The second-order valence-corrected chi connectivity index (χ2v) is 20.8. The highest BCUT2D eigenvalue weighted by atomic mass is 16.6. The molecule has 2 unspecified atom stereocenters. The van der Waals surface area contributed by atoms with E-state index in [1.54, 1.807) is 48.5 Å². The smallest absolute Gasteiger partial charge is 0.410 e. The van der Waals surface area contributed by atoms with Gasteiger partial charge >= 0.3 is 12.2 Å². The van der Waals surface area contributed by atoms with Gasteiger partial charge in [0.05, 0.1) is 35.0 Å². The third-order valence-electron chi connectivity index (χ3n) is 15.5. The van der Waals surface area contributed by atoms with E-state index in [0.717, 1.165) is 65.2 Å². The minimum Gasteiger partial charge on any atom is -0.410 e. The number of nitrogens with zero attached hydrogens (tertiary/aromatic N) is 4. The first kappa shape index (κ1) is 47.6. The molecule has 3 fully saturated rings.